The van der Waals surface area contributed by atoms with Crippen molar-refractivity contribution in [2.24, 2.45) is 0 Å². The number of piperazine rings is 1. The highest BCUT2D eigenvalue weighted by Gasteiger charge is 2.25. The van der Waals surface area contributed by atoms with E-state index in [1.54, 1.807) is 4.90 Å². The number of rotatable bonds is 2. The van der Waals surface area contributed by atoms with E-state index in [1.165, 1.54) is 0 Å². The molecule has 0 saturated carbocycles. The number of quaternary nitrogens is 1. The zero-order valence-corrected chi connectivity index (χ0v) is 17.2. The molecule has 0 spiro atoms. The number of likely N-dealkylation sites (N-methyl/N-ethyl adjacent to an activating group) is 1. The van der Waals surface area contributed by atoms with Gasteiger partial charge in [-0.15, -0.1) is 0 Å². The molecule has 0 amide bonds. The third-order valence-electron chi connectivity index (χ3n) is 5.33. The highest BCUT2D eigenvalue weighted by molar-refractivity contribution is 6.33. The Morgan fingerprint density at radius 1 is 1.07 bits per heavy atom. The molecule has 0 aliphatic carbocycles. The molecule has 3 heterocycles. The highest BCUT2D eigenvalue weighted by atomic mass is 35.5. The molecule has 1 saturated heterocycles. The number of nitrogens with zero attached hydrogens (tertiary/aromatic N) is 4. The standard InChI is InChI=1S/C21H26ClN5/c1-21(2,3)18-13-19(26-11-9-25(4)10-12-26)27-20(24-18)16(14-23-27)15-7-5-6-8-17(15)22/h5-8,13-14H,9-12H2,1-4H3/p+1. The van der Waals surface area contributed by atoms with E-state index in [0.717, 1.165) is 59.5 Å². The van der Waals surface area contributed by atoms with E-state index in [4.69, 9.17) is 21.7 Å². The number of benzene rings is 1. The van der Waals surface area contributed by atoms with Gasteiger partial charge in [0.05, 0.1) is 45.1 Å². The summed E-state index contributed by atoms with van der Waals surface area (Å²) in [6, 6.07) is 10.1. The third-order valence-corrected chi connectivity index (χ3v) is 5.66. The van der Waals surface area contributed by atoms with E-state index in [1.807, 2.05) is 35.0 Å². The molecule has 142 valence electrons. The first-order chi connectivity index (χ1) is 12.8. The van der Waals surface area contributed by atoms with Gasteiger partial charge >= 0.3 is 0 Å². The van der Waals surface area contributed by atoms with Crippen molar-refractivity contribution in [1.29, 1.82) is 0 Å². The lowest BCUT2D eigenvalue weighted by Crippen LogP contribution is -3.12. The minimum absolute atomic E-state index is 0.0453. The summed E-state index contributed by atoms with van der Waals surface area (Å²) in [4.78, 5) is 9.01. The molecule has 1 aliphatic heterocycles. The first-order valence-corrected chi connectivity index (χ1v) is 9.93. The van der Waals surface area contributed by atoms with Gasteiger partial charge in [-0.1, -0.05) is 50.6 Å². The van der Waals surface area contributed by atoms with Crippen LogP contribution in [0.1, 0.15) is 26.5 Å². The van der Waals surface area contributed by atoms with Gasteiger partial charge in [0.25, 0.3) is 0 Å². The summed E-state index contributed by atoms with van der Waals surface area (Å²) in [6.07, 6.45) is 1.89. The van der Waals surface area contributed by atoms with Crippen LogP contribution < -0.4 is 9.80 Å². The number of halogens is 1. The van der Waals surface area contributed by atoms with E-state index in [9.17, 15) is 0 Å². The fraction of sp³-hybridized carbons (Fsp3) is 0.429. The van der Waals surface area contributed by atoms with E-state index < -0.39 is 0 Å². The maximum Gasteiger partial charge on any atom is 0.165 e. The van der Waals surface area contributed by atoms with Crippen LogP contribution in [0.3, 0.4) is 0 Å². The highest BCUT2D eigenvalue weighted by Crippen LogP contribution is 2.33. The Hall–Kier alpha value is -2.11. The van der Waals surface area contributed by atoms with Crippen molar-refractivity contribution in [3.8, 4) is 11.1 Å². The minimum Gasteiger partial charge on any atom is -0.345 e. The molecular formula is C21H27ClN5+. The van der Waals surface area contributed by atoms with Gasteiger partial charge in [-0.25, -0.2) is 4.98 Å². The second-order valence-electron chi connectivity index (χ2n) is 8.47. The molecule has 6 heteroatoms. The quantitative estimate of drug-likeness (QED) is 0.738. The van der Waals surface area contributed by atoms with Crippen LogP contribution in [0, 0.1) is 0 Å². The van der Waals surface area contributed by atoms with Gasteiger partial charge in [0.2, 0.25) is 0 Å². The number of nitrogens with one attached hydrogen (secondary N) is 1. The summed E-state index contributed by atoms with van der Waals surface area (Å²) < 4.78 is 1.98. The molecule has 27 heavy (non-hydrogen) atoms. The van der Waals surface area contributed by atoms with E-state index in [0.29, 0.717) is 0 Å². The van der Waals surface area contributed by atoms with Gasteiger partial charge in [-0.05, 0) is 6.07 Å². The van der Waals surface area contributed by atoms with Crippen LogP contribution in [0.5, 0.6) is 0 Å². The lowest BCUT2D eigenvalue weighted by molar-refractivity contribution is -0.880. The van der Waals surface area contributed by atoms with Crippen LogP contribution in [0.2, 0.25) is 5.02 Å². The number of hydrogen-bond donors (Lipinski definition) is 1. The SMILES string of the molecule is C[NH+]1CCN(c2cc(C(C)(C)C)nc3c(-c4ccccc4Cl)cnn23)CC1. The second kappa shape index (κ2) is 6.80. The molecule has 1 N–H and O–H groups in total. The third kappa shape index (κ3) is 3.42. The predicted octanol–water partition coefficient (Wildman–Crippen LogP) is 2.68. The molecule has 1 fully saturated rings. The van der Waals surface area contributed by atoms with Crippen LogP contribution in [-0.4, -0.2) is 47.8 Å². The van der Waals surface area contributed by atoms with E-state index in [-0.39, 0.29) is 5.41 Å². The summed E-state index contributed by atoms with van der Waals surface area (Å²) in [5, 5.41) is 5.42. The summed E-state index contributed by atoms with van der Waals surface area (Å²) in [6.45, 7) is 10.9. The van der Waals surface area contributed by atoms with Gasteiger partial charge in [0.15, 0.2) is 5.65 Å². The monoisotopic (exact) mass is 384 g/mol. The van der Waals surface area contributed by atoms with Crippen molar-refractivity contribution in [1.82, 2.24) is 14.6 Å². The minimum atomic E-state index is -0.0453. The Morgan fingerprint density at radius 2 is 1.78 bits per heavy atom. The van der Waals surface area contributed by atoms with Crippen LogP contribution in [0.4, 0.5) is 5.82 Å². The number of aromatic nitrogens is 3. The molecule has 4 rings (SSSR count). The lowest BCUT2D eigenvalue weighted by atomic mass is 9.91. The molecule has 5 nitrogen and oxygen atoms in total. The van der Waals surface area contributed by atoms with E-state index >= 15 is 0 Å². The van der Waals surface area contributed by atoms with Crippen LogP contribution >= 0.6 is 11.6 Å². The van der Waals surface area contributed by atoms with Gasteiger partial charge in [0.1, 0.15) is 5.82 Å². The largest absolute Gasteiger partial charge is 0.345 e. The number of fused-ring (bicyclic) bond motifs is 1. The Labute approximate surface area is 165 Å². The fourth-order valence-corrected chi connectivity index (χ4v) is 3.78. The van der Waals surface area contributed by atoms with Crippen molar-refractivity contribution in [2.45, 2.75) is 26.2 Å². The molecule has 1 aliphatic rings. The van der Waals surface area contributed by atoms with Gasteiger partial charge in [0, 0.05) is 27.6 Å². The summed E-state index contributed by atoms with van der Waals surface area (Å²) in [5.41, 5.74) is 3.85. The van der Waals surface area contributed by atoms with Crippen molar-refractivity contribution in [3.63, 3.8) is 0 Å². The van der Waals surface area contributed by atoms with Gasteiger partial charge < -0.3 is 9.80 Å². The average Bonchev–Trinajstić information content (AvgIpc) is 3.05. The Kier molecular flexibility index (Phi) is 4.60. The number of hydrogen-bond acceptors (Lipinski definition) is 3. The first-order valence-electron chi connectivity index (χ1n) is 9.55. The Balaban J connectivity index is 1.92. The fourth-order valence-electron chi connectivity index (χ4n) is 3.54. The van der Waals surface area contributed by atoms with Crippen molar-refractivity contribution < 1.29 is 4.90 Å². The van der Waals surface area contributed by atoms with Crippen LogP contribution in [0.25, 0.3) is 16.8 Å². The average molecular weight is 385 g/mol. The molecule has 1 aromatic carbocycles. The van der Waals surface area contributed by atoms with Gasteiger partial charge in [-0.3, -0.25) is 0 Å². The first kappa shape index (κ1) is 18.3. The van der Waals surface area contributed by atoms with Gasteiger partial charge in [-0.2, -0.15) is 9.61 Å². The zero-order chi connectivity index (χ0) is 19.2. The summed E-state index contributed by atoms with van der Waals surface area (Å²) in [5.74, 6) is 1.12. The van der Waals surface area contributed by atoms with Crippen molar-refractivity contribution in [3.05, 3.63) is 47.2 Å². The zero-order valence-electron chi connectivity index (χ0n) is 16.5. The summed E-state index contributed by atoms with van der Waals surface area (Å²) >= 11 is 6.47. The smallest absolute Gasteiger partial charge is 0.165 e. The molecule has 3 aromatic rings. The molecular weight excluding hydrogens is 358 g/mol. The molecule has 0 radical (unpaired) electrons. The predicted molar refractivity (Wildman–Crippen MR) is 111 cm³/mol. The van der Waals surface area contributed by atoms with E-state index in [2.05, 4.69) is 38.8 Å². The Morgan fingerprint density at radius 3 is 2.44 bits per heavy atom. The lowest BCUT2D eigenvalue weighted by Gasteiger charge is -2.32. The molecule has 2 aromatic heterocycles. The summed E-state index contributed by atoms with van der Waals surface area (Å²) in [7, 11) is 2.25. The molecule has 0 atom stereocenters. The van der Waals surface area contributed by atoms with Crippen LogP contribution in [0.15, 0.2) is 36.5 Å². The van der Waals surface area contributed by atoms with Crippen LogP contribution in [-0.2, 0) is 5.41 Å². The topological polar surface area (TPSA) is 37.9 Å². The van der Waals surface area contributed by atoms with Crippen molar-refractivity contribution in [2.75, 3.05) is 38.1 Å². The maximum absolute atomic E-state index is 6.47. The Bertz CT molecular complexity index is 964. The molecule has 0 unspecified atom stereocenters. The second-order valence-corrected chi connectivity index (χ2v) is 8.87. The maximum atomic E-state index is 6.47. The number of anilines is 1. The van der Waals surface area contributed by atoms with Crippen molar-refractivity contribution >= 4 is 23.1 Å². The molecule has 0 bridgehead atoms. The normalized spacial score (nSPS) is 16.3.